The van der Waals surface area contributed by atoms with Crippen LogP contribution in [-0.4, -0.2) is 82.1 Å². The summed E-state index contributed by atoms with van der Waals surface area (Å²) in [4.78, 5) is 31.8. The second-order valence-electron chi connectivity index (χ2n) is 8.08. The molecule has 0 bridgehead atoms. The van der Waals surface area contributed by atoms with E-state index in [0.717, 1.165) is 43.8 Å². The molecule has 5 rings (SSSR count). The molecule has 1 saturated heterocycles. The van der Waals surface area contributed by atoms with Crippen LogP contribution in [0.15, 0.2) is 43.0 Å². The van der Waals surface area contributed by atoms with Gasteiger partial charge in [0.25, 0.3) is 0 Å². The number of methoxy groups -OCH3 is 1. The smallest absolute Gasteiger partial charge is 0.230 e. The normalized spacial score (nSPS) is 14.5. The summed E-state index contributed by atoms with van der Waals surface area (Å²) in [6.07, 6.45) is 4.95. The van der Waals surface area contributed by atoms with Gasteiger partial charge in [0.1, 0.15) is 24.3 Å². The minimum Gasteiger partial charge on any atom is -0.493 e. The number of nitrogens with one attached hydrogen (secondary N) is 1. The molecule has 10 nitrogen and oxygen atoms in total. The summed E-state index contributed by atoms with van der Waals surface area (Å²) in [5.74, 6) is 2.31. The summed E-state index contributed by atoms with van der Waals surface area (Å²) in [6, 6.07) is 7.50. The number of amides is 1. The molecule has 1 N–H and O–H groups in total. The van der Waals surface area contributed by atoms with Crippen LogP contribution in [0.3, 0.4) is 0 Å². The number of hydrogen-bond donors (Lipinski definition) is 1. The molecule has 4 heterocycles. The molecular formula is C24H26N6O4. The van der Waals surface area contributed by atoms with Crippen LogP contribution in [0.25, 0.3) is 21.9 Å². The molecule has 0 unspecified atom stereocenters. The lowest BCUT2D eigenvalue weighted by Crippen LogP contribution is -2.48. The van der Waals surface area contributed by atoms with Gasteiger partial charge in [-0.25, -0.2) is 15.0 Å². The van der Waals surface area contributed by atoms with Gasteiger partial charge in [-0.15, -0.1) is 0 Å². The second kappa shape index (κ2) is 9.52. The number of rotatable bonds is 7. The molecule has 0 spiro atoms. The topological polar surface area (TPSA) is 106 Å². The van der Waals surface area contributed by atoms with E-state index in [0.29, 0.717) is 40.6 Å². The number of piperazine rings is 1. The van der Waals surface area contributed by atoms with Crippen LogP contribution in [0.5, 0.6) is 23.1 Å². The first kappa shape index (κ1) is 21.9. The molecule has 0 radical (unpaired) electrons. The molecule has 176 valence electrons. The van der Waals surface area contributed by atoms with E-state index < -0.39 is 0 Å². The zero-order chi connectivity index (χ0) is 23.5. The second-order valence-corrected chi connectivity index (χ2v) is 8.08. The maximum Gasteiger partial charge on any atom is 0.230 e. The fourth-order valence-electron chi connectivity index (χ4n) is 4.05. The van der Waals surface area contributed by atoms with Crippen LogP contribution in [0.4, 0.5) is 0 Å². The summed E-state index contributed by atoms with van der Waals surface area (Å²) in [7, 11) is 1.60. The van der Waals surface area contributed by atoms with Gasteiger partial charge in [-0.1, -0.05) is 0 Å². The highest BCUT2D eigenvalue weighted by atomic mass is 16.5. The van der Waals surface area contributed by atoms with E-state index in [1.54, 1.807) is 20.2 Å². The molecule has 4 aromatic rings. The molecule has 0 atom stereocenters. The zero-order valence-electron chi connectivity index (χ0n) is 19.2. The summed E-state index contributed by atoms with van der Waals surface area (Å²) in [5, 5.41) is 1.66. The largest absolute Gasteiger partial charge is 0.493 e. The number of fused-ring (bicyclic) bond motifs is 2. The van der Waals surface area contributed by atoms with Crippen molar-refractivity contribution in [1.82, 2.24) is 29.7 Å². The van der Waals surface area contributed by atoms with Crippen molar-refractivity contribution in [2.45, 2.75) is 6.92 Å². The quantitative estimate of drug-likeness (QED) is 0.447. The van der Waals surface area contributed by atoms with E-state index in [9.17, 15) is 4.79 Å². The predicted molar refractivity (Wildman–Crippen MR) is 126 cm³/mol. The third-order valence-electron chi connectivity index (χ3n) is 5.96. The van der Waals surface area contributed by atoms with Crippen LogP contribution in [-0.2, 0) is 4.79 Å². The third-order valence-corrected chi connectivity index (χ3v) is 5.96. The van der Waals surface area contributed by atoms with Gasteiger partial charge in [0.05, 0.1) is 24.2 Å². The van der Waals surface area contributed by atoms with E-state index in [2.05, 4.69) is 24.8 Å². The number of carbonyl (C=O) groups excluding carboxylic acids is 1. The Bertz CT molecular complexity index is 1320. The minimum atomic E-state index is 0.128. The first-order chi connectivity index (χ1) is 16.6. The van der Waals surface area contributed by atoms with Crippen LogP contribution in [0, 0.1) is 0 Å². The van der Waals surface area contributed by atoms with Gasteiger partial charge >= 0.3 is 0 Å². The van der Waals surface area contributed by atoms with Gasteiger partial charge in [-0.3, -0.25) is 9.69 Å². The molecule has 1 aromatic carbocycles. The van der Waals surface area contributed by atoms with Gasteiger partial charge in [-0.2, -0.15) is 0 Å². The molecule has 1 aliphatic rings. The van der Waals surface area contributed by atoms with Crippen molar-refractivity contribution in [3.63, 3.8) is 0 Å². The molecule has 1 amide bonds. The number of hydrogen-bond acceptors (Lipinski definition) is 8. The Morgan fingerprint density at radius 1 is 1.09 bits per heavy atom. The van der Waals surface area contributed by atoms with Crippen LogP contribution in [0.2, 0.25) is 0 Å². The number of H-pyrrole nitrogens is 1. The highest BCUT2D eigenvalue weighted by Gasteiger charge is 2.19. The lowest BCUT2D eigenvalue weighted by Gasteiger charge is -2.34. The van der Waals surface area contributed by atoms with Crippen molar-refractivity contribution >= 4 is 27.8 Å². The number of aromatic amines is 1. The number of nitrogens with zero attached hydrogens (tertiary/aromatic N) is 5. The SMILES string of the molecule is COc1cc2c(Oc3cnc4[nH]ccc4c3)ncnc2cc1OCCN1CCN(C(C)=O)CC1. The van der Waals surface area contributed by atoms with Crippen LogP contribution in [0.1, 0.15) is 6.92 Å². The van der Waals surface area contributed by atoms with Crippen molar-refractivity contribution in [1.29, 1.82) is 0 Å². The number of carbonyl (C=O) groups is 1. The number of benzene rings is 1. The predicted octanol–water partition coefficient (Wildman–Crippen LogP) is 2.85. The van der Waals surface area contributed by atoms with Crippen molar-refractivity contribution in [3.8, 4) is 23.1 Å². The molecule has 34 heavy (non-hydrogen) atoms. The fraction of sp³-hybridized carbons (Fsp3) is 0.333. The number of aromatic nitrogens is 4. The monoisotopic (exact) mass is 462 g/mol. The molecule has 0 saturated carbocycles. The van der Waals surface area contributed by atoms with Crippen molar-refractivity contribution in [2.24, 2.45) is 0 Å². The maximum absolute atomic E-state index is 11.5. The Hall–Kier alpha value is -3.92. The van der Waals surface area contributed by atoms with E-state index in [1.807, 2.05) is 35.4 Å². The van der Waals surface area contributed by atoms with Gasteiger partial charge in [0.2, 0.25) is 11.8 Å². The first-order valence-corrected chi connectivity index (χ1v) is 11.1. The van der Waals surface area contributed by atoms with Crippen LogP contribution < -0.4 is 14.2 Å². The van der Waals surface area contributed by atoms with Crippen molar-refractivity contribution in [3.05, 3.63) is 43.0 Å². The number of ether oxygens (including phenoxy) is 3. The third kappa shape index (κ3) is 4.58. The Labute approximate surface area is 196 Å². The standard InChI is InChI=1S/C24H26N6O4/c1-16(31)30-7-5-29(6-8-30)9-10-33-22-13-20-19(12-21(22)32-2)24(28-15-27-20)34-18-11-17-3-4-25-23(17)26-14-18/h3-4,11-15H,5-10H2,1-2H3,(H,25,26). The minimum absolute atomic E-state index is 0.128. The van der Waals surface area contributed by atoms with Crippen molar-refractivity contribution in [2.75, 3.05) is 46.4 Å². The van der Waals surface area contributed by atoms with Crippen molar-refractivity contribution < 1.29 is 19.0 Å². The van der Waals surface area contributed by atoms with E-state index in [4.69, 9.17) is 14.2 Å². The average molecular weight is 463 g/mol. The summed E-state index contributed by atoms with van der Waals surface area (Å²) in [5.41, 5.74) is 1.48. The first-order valence-electron chi connectivity index (χ1n) is 11.1. The van der Waals surface area contributed by atoms with E-state index in [-0.39, 0.29) is 5.91 Å². The lowest BCUT2D eigenvalue weighted by molar-refractivity contribution is -0.130. The Kier molecular flexibility index (Phi) is 6.13. The lowest BCUT2D eigenvalue weighted by atomic mass is 10.2. The molecular weight excluding hydrogens is 436 g/mol. The van der Waals surface area contributed by atoms with Gasteiger partial charge < -0.3 is 24.1 Å². The highest BCUT2D eigenvalue weighted by Crippen LogP contribution is 2.36. The summed E-state index contributed by atoms with van der Waals surface area (Å²) < 4.78 is 17.7. The van der Waals surface area contributed by atoms with E-state index >= 15 is 0 Å². The van der Waals surface area contributed by atoms with Gasteiger partial charge in [-0.05, 0) is 18.2 Å². The maximum atomic E-state index is 11.5. The molecule has 0 aliphatic carbocycles. The number of pyridine rings is 1. The van der Waals surface area contributed by atoms with Crippen LogP contribution >= 0.6 is 0 Å². The summed E-state index contributed by atoms with van der Waals surface area (Å²) in [6.45, 7) is 6.06. The molecule has 3 aromatic heterocycles. The zero-order valence-corrected chi connectivity index (χ0v) is 19.2. The van der Waals surface area contributed by atoms with Gasteiger partial charge in [0.15, 0.2) is 11.5 Å². The highest BCUT2D eigenvalue weighted by molar-refractivity contribution is 5.87. The van der Waals surface area contributed by atoms with Gasteiger partial charge in [0, 0.05) is 57.3 Å². The Balaban J connectivity index is 1.29. The Morgan fingerprint density at radius 2 is 1.94 bits per heavy atom. The molecule has 1 aliphatic heterocycles. The fourth-order valence-corrected chi connectivity index (χ4v) is 4.05. The molecule has 1 fully saturated rings. The van der Waals surface area contributed by atoms with E-state index in [1.165, 1.54) is 6.33 Å². The average Bonchev–Trinajstić information content (AvgIpc) is 3.32. The Morgan fingerprint density at radius 3 is 2.74 bits per heavy atom. The summed E-state index contributed by atoms with van der Waals surface area (Å²) >= 11 is 0. The molecule has 10 heteroatoms.